The van der Waals surface area contributed by atoms with Crippen molar-refractivity contribution >= 4 is 40.6 Å². The summed E-state index contributed by atoms with van der Waals surface area (Å²) < 4.78 is 0. The van der Waals surface area contributed by atoms with Gasteiger partial charge in [-0.25, -0.2) is 4.98 Å². The van der Waals surface area contributed by atoms with E-state index >= 15 is 0 Å². The van der Waals surface area contributed by atoms with E-state index < -0.39 is 0 Å². The summed E-state index contributed by atoms with van der Waals surface area (Å²) in [7, 11) is 0. The van der Waals surface area contributed by atoms with Crippen LogP contribution in [0.1, 0.15) is 45.3 Å². The molecular weight excluding hydrogens is 414 g/mol. The molecule has 0 unspecified atom stereocenters. The predicted molar refractivity (Wildman–Crippen MR) is 125 cm³/mol. The van der Waals surface area contributed by atoms with Crippen LogP contribution in [-0.4, -0.2) is 34.8 Å². The highest BCUT2D eigenvalue weighted by molar-refractivity contribution is 7.98. The van der Waals surface area contributed by atoms with Crippen LogP contribution in [0, 0.1) is 6.92 Å². The number of aryl methyl sites for hydroxylation is 1. The van der Waals surface area contributed by atoms with Gasteiger partial charge in [-0.05, 0) is 63.2 Å². The maximum atomic E-state index is 12.6. The van der Waals surface area contributed by atoms with E-state index in [1.807, 2.05) is 45.0 Å². The fourth-order valence-electron chi connectivity index (χ4n) is 2.96. The van der Waals surface area contributed by atoms with Crippen LogP contribution in [0.2, 0.25) is 0 Å². The number of nitrogens with one attached hydrogen (secondary N) is 1. The first-order valence-electron chi connectivity index (χ1n) is 9.84. The summed E-state index contributed by atoms with van der Waals surface area (Å²) in [6.45, 7) is 7.21. The molecule has 3 aromatic rings. The molecule has 0 fully saturated rings. The number of nitrogens with zero attached hydrogens (tertiary/aromatic N) is 2. The molecule has 0 saturated carbocycles. The van der Waals surface area contributed by atoms with E-state index in [1.54, 1.807) is 52.3 Å². The molecule has 2 aromatic carbocycles. The quantitative estimate of drug-likeness (QED) is 0.472. The summed E-state index contributed by atoms with van der Waals surface area (Å²) in [5.74, 6) is 0.574. The number of thioether (sulfide) groups is 1. The fourth-order valence-corrected chi connectivity index (χ4v) is 4.47. The predicted octanol–water partition coefficient (Wildman–Crippen LogP) is 5.48. The van der Waals surface area contributed by atoms with Crippen LogP contribution in [0.15, 0.2) is 58.8 Å². The number of benzene rings is 2. The summed E-state index contributed by atoms with van der Waals surface area (Å²) >= 11 is 3.35. The molecule has 1 N–H and O–H groups in total. The van der Waals surface area contributed by atoms with E-state index in [0.717, 1.165) is 21.3 Å². The molecule has 156 valence electrons. The van der Waals surface area contributed by atoms with Crippen molar-refractivity contribution in [1.29, 1.82) is 0 Å². The lowest BCUT2D eigenvalue weighted by Crippen LogP contribution is -2.30. The Hall–Kier alpha value is -2.64. The van der Waals surface area contributed by atoms with Crippen molar-refractivity contribution in [2.24, 2.45) is 0 Å². The summed E-state index contributed by atoms with van der Waals surface area (Å²) in [4.78, 5) is 32.4. The van der Waals surface area contributed by atoms with Gasteiger partial charge in [-0.15, -0.1) is 23.1 Å². The Labute approximate surface area is 185 Å². The second-order valence-corrected chi connectivity index (χ2v) is 8.79. The molecule has 1 heterocycles. The maximum absolute atomic E-state index is 12.6. The van der Waals surface area contributed by atoms with Crippen molar-refractivity contribution in [2.75, 3.05) is 18.4 Å². The van der Waals surface area contributed by atoms with E-state index in [9.17, 15) is 9.59 Å². The number of thiazole rings is 1. The smallest absolute Gasteiger partial charge is 0.255 e. The van der Waals surface area contributed by atoms with E-state index in [1.165, 1.54) is 0 Å². The van der Waals surface area contributed by atoms with Gasteiger partial charge >= 0.3 is 0 Å². The first kappa shape index (κ1) is 22.1. The Morgan fingerprint density at radius 3 is 2.43 bits per heavy atom. The topological polar surface area (TPSA) is 62.3 Å². The third-order valence-corrected chi connectivity index (χ3v) is 6.46. The van der Waals surface area contributed by atoms with Gasteiger partial charge in [-0.3, -0.25) is 9.59 Å². The van der Waals surface area contributed by atoms with Crippen LogP contribution in [0.5, 0.6) is 0 Å². The zero-order valence-electron chi connectivity index (χ0n) is 17.3. The number of hydrogen-bond acceptors (Lipinski definition) is 5. The van der Waals surface area contributed by atoms with Gasteiger partial charge in [-0.1, -0.05) is 6.07 Å². The largest absolute Gasteiger partial charge is 0.339 e. The highest BCUT2D eigenvalue weighted by Crippen LogP contribution is 2.24. The van der Waals surface area contributed by atoms with Gasteiger partial charge in [0, 0.05) is 45.9 Å². The van der Waals surface area contributed by atoms with Gasteiger partial charge in [-0.2, -0.15) is 0 Å². The molecule has 0 atom stereocenters. The van der Waals surface area contributed by atoms with E-state index in [0.29, 0.717) is 29.9 Å². The lowest BCUT2D eigenvalue weighted by atomic mass is 10.1. The van der Waals surface area contributed by atoms with Crippen molar-refractivity contribution in [3.8, 4) is 0 Å². The molecule has 3 rings (SSSR count). The fraction of sp³-hybridized carbons (Fsp3) is 0.261. The SMILES string of the molecule is CCN(CC)C(=O)c1cccc(NC(=O)c2ccc(SCc3csc(C)n3)cc2)c1. The molecular formula is C23H25N3O2S2. The van der Waals surface area contributed by atoms with Crippen molar-refractivity contribution in [2.45, 2.75) is 31.4 Å². The second kappa shape index (κ2) is 10.4. The molecule has 0 aliphatic rings. The normalized spacial score (nSPS) is 10.6. The Bertz CT molecular complexity index is 1010. The average Bonchev–Trinajstić information content (AvgIpc) is 3.18. The Kier molecular flexibility index (Phi) is 7.65. The monoisotopic (exact) mass is 439 g/mol. The first-order chi connectivity index (χ1) is 14.5. The van der Waals surface area contributed by atoms with Gasteiger partial charge in [0.1, 0.15) is 0 Å². The van der Waals surface area contributed by atoms with Crippen molar-refractivity contribution < 1.29 is 9.59 Å². The van der Waals surface area contributed by atoms with Crippen LogP contribution >= 0.6 is 23.1 Å². The zero-order chi connectivity index (χ0) is 21.5. The molecule has 1 aromatic heterocycles. The first-order valence-corrected chi connectivity index (χ1v) is 11.7. The number of carbonyl (C=O) groups is 2. The Morgan fingerprint density at radius 1 is 1.07 bits per heavy atom. The molecule has 5 nitrogen and oxygen atoms in total. The van der Waals surface area contributed by atoms with E-state index in [-0.39, 0.29) is 11.8 Å². The number of anilines is 1. The third kappa shape index (κ3) is 5.70. The number of hydrogen-bond donors (Lipinski definition) is 1. The number of rotatable bonds is 8. The average molecular weight is 440 g/mol. The van der Waals surface area contributed by atoms with Gasteiger partial charge in [0.25, 0.3) is 11.8 Å². The molecule has 0 radical (unpaired) electrons. The molecule has 0 spiro atoms. The molecule has 0 bridgehead atoms. The van der Waals surface area contributed by atoms with Crippen molar-refractivity contribution in [3.05, 3.63) is 75.7 Å². The molecule has 0 aliphatic heterocycles. The van der Waals surface area contributed by atoms with E-state index in [4.69, 9.17) is 0 Å². The Balaban J connectivity index is 1.61. The van der Waals surface area contributed by atoms with Crippen LogP contribution in [0.25, 0.3) is 0 Å². The third-order valence-electron chi connectivity index (χ3n) is 4.59. The maximum Gasteiger partial charge on any atom is 0.255 e. The second-order valence-electron chi connectivity index (χ2n) is 6.68. The standard InChI is InChI=1S/C23H25N3O2S2/c1-4-26(5-2)23(28)18-7-6-8-19(13-18)25-22(27)17-9-11-21(12-10-17)30-15-20-14-29-16(3)24-20/h6-14H,4-5,15H2,1-3H3,(H,25,27). The minimum Gasteiger partial charge on any atom is -0.339 e. The molecule has 30 heavy (non-hydrogen) atoms. The lowest BCUT2D eigenvalue weighted by molar-refractivity contribution is 0.0772. The van der Waals surface area contributed by atoms with Crippen molar-refractivity contribution in [1.82, 2.24) is 9.88 Å². The highest BCUT2D eigenvalue weighted by Gasteiger charge is 2.14. The van der Waals surface area contributed by atoms with Crippen LogP contribution in [-0.2, 0) is 5.75 Å². The van der Waals surface area contributed by atoms with Gasteiger partial charge in [0.05, 0.1) is 10.7 Å². The summed E-state index contributed by atoms with van der Waals surface area (Å²) in [5, 5.41) is 6.03. The highest BCUT2D eigenvalue weighted by atomic mass is 32.2. The zero-order valence-corrected chi connectivity index (χ0v) is 19.0. The minimum absolute atomic E-state index is 0.0345. The Morgan fingerprint density at radius 2 is 1.80 bits per heavy atom. The van der Waals surface area contributed by atoms with Gasteiger partial charge in [0.2, 0.25) is 0 Å². The number of carbonyl (C=O) groups excluding carboxylic acids is 2. The summed E-state index contributed by atoms with van der Waals surface area (Å²) in [6.07, 6.45) is 0. The summed E-state index contributed by atoms with van der Waals surface area (Å²) in [5.41, 5.74) is 2.82. The molecule has 2 amide bonds. The van der Waals surface area contributed by atoms with Crippen LogP contribution in [0.4, 0.5) is 5.69 Å². The van der Waals surface area contributed by atoms with Crippen LogP contribution < -0.4 is 5.32 Å². The lowest BCUT2D eigenvalue weighted by Gasteiger charge is -2.19. The number of aromatic nitrogens is 1. The molecule has 0 saturated heterocycles. The van der Waals surface area contributed by atoms with Crippen molar-refractivity contribution in [3.63, 3.8) is 0 Å². The molecule has 7 heteroatoms. The summed E-state index contributed by atoms with van der Waals surface area (Å²) in [6, 6.07) is 14.6. The van der Waals surface area contributed by atoms with Crippen LogP contribution in [0.3, 0.4) is 0 Å². The van der Waals surface area contributed by atoms with E-state index in [2.05, 4.69) is 15.7 Å². The van der Waals surface area contributed by atoms with Gasteiger partial charge in [0.15, 0.2) is 0 Å². The molecule has 0 aliphatic carbocycles. The van der Waals surface area contributed by atoms with Gasteiger partial charge < -0.3 is 10.2 Å². The minimum atomic E-state index is -0.200. The number of amides is 2.